The van der Waals surface area contributed by atoms with Crippen LogP contribution in [0.3, 0.4) is 0 Å². The number of ether oxygens (including phenoxy) is 1. The van der Waals surface area contributed by atoms with E-state index in [0.29, 0.717) is 12.8 Å². The first-order valence-electron chi connectivity index (χ1n) is 6.63. The minimum Gasteiger partial charge on any atom is -0.381 e. The van der Waals surface area contributed by atoms with Crippen molar-refractivity contribution < 1.29 is 9.13 Å². The minimum absolute atomic E-state index is 0.684. The Morgan fingerprint density at radius 2 is 1.81 bits per heavy atom. The van der Waals surface area contributed by atoms with Crippen LogP contribution in [0.2, 0.25) is 0 Å². The quantitative estimate of drug-likeness (QED) is 0.624. The standard InChI is InChI=1S/C13H26FNO/c1-3-4-11-16-12-5-8-15-9-6-13(2,14)7-10-15/h3-12H2,1-2H3. The van der Waals surface area contributed by atoms with Gasteiger partial charge < -0.3 is 9.64 Å². The Morgan fingerprint density at radius 1 is 1.19 bits per heavy atom. The first-order valence-corrected chi connectivity index (χ1v) is 6.63. The van der Waals surface area contributed by atoms with E-state index in [9.17, 15) is 4.39 Å². The minimum atomic E-state index is -0.922. The monoisotopic (exact) mass is 231 g/mol. The van der Waals surface area contributed by atoms with Crippen LogP contribution in [-0.2, 0) is 4.74 Å². The van der Waals surface area contributed by atoms with Gasteiger partial charge in [0.2, 0.25) is 0 Å². The zero-order chi connectivity index (χ0) is 11.9. The van der Waals surface area contributed by atoms with E-state index >= 15 is 0 Å². The van der Waals surface area contributed by atoms with Crippen molar-refractivity contribution in [2.75, 3.05) is 32.8 Å². The van der Waals surface area contributed by atoms with Gasteiger partial charge in [-0.25, -0.2) is 4.39 Å². The molecule has 2 nitrogen and oxygen atoms in total. The van der Waals surface area contributed by atoms with E-state index in [-0.39, 0.29) is 0 Å². The summed E-state index contributed by atoms with van der Waals surface area (Å²) in [5.74, 6) is 0. The van der Waals surface area contributed by atoms with E-state index in [0.717, 1.165) is 45.7 Å². The second-order valence-electron chi connectivity index (χ2n) is 5.07. The van der Waals surface area contributed by atoms with Gasteiger partial charge in [-0.15, -0.1) is 0 Å². The first kappa shape index (κ1) is 13.9. The SMILES string of the molecule is CCCCOCCCN1CCC(C)(F)CC1. The summed E-state index contributed by atoms with van der Waals surface area (Å²) in [6.07, 6.45) is 4.80. The van der Waals surface area contributed by atoms with Crippen molar-refractivity contribution in [1.82, 2.24) is 4.90 Å². The number of hydrogen-bond acceptors (Lipinski definition) is 2. The maximum Gasteiger partial charge on any atom is 0.110 e. The lowest BCUT2D eigenvalue weighted by molar-refractivity contribution is 0.0642. The number of rotatable bonds is 7. The van der Waals surface area contributed by atoms with Crippen LogP contribution >= 0.6 is 0 Å². The van der Waals surface area contributed by atoms with Gasteiger partial charge >= 0.3 is 0 Å². The molecule has 0 amide bonds. The second kappa shape index (κ2) is 7.23. The molecule has 0 atom stereocenters. The summed E-state index contributed by atoms with van der Waals surface area (Å²) in [4.78, 5) is 2.35. The zero-order valence-corrected chi connectivity index (χ0v) is 10.8. The fraction of sp³-hybridized carbons (Fsp3) is 1.00. The molecule has 1 fully saturated rings. The number of halogens is 1. The van der Waals surface area contributed by atoms with Gasteiger partial charge in [0.1, 0.15) is 5.67 Å². The van der Waals surface area contributed by atoms with Crippen LogP contribution in [0, 0.1) is 0 Å². The molecule has 0 saturated carbocycles. The molecule has 16 heavy (non-hydrogen) atoms. The smallest absolute Gasteiger partial charge is 0.110 e. The van der Waals surface area contributed by atoms with Gasteiger partial charge in [-0.3, -0.25) is 0 Å². The van der Waals surface area contributed by atoms with Crippen molar-refractivity contribution >= 4 is 0 Å². The molecule has 1 saturated heterocycles. The highest BCUT2D eigenvalue weighted by atomic mass is 19.1. The molecule has 1 heterocycles. The third-order valence-corrected chi connectivity index (χ3v) is 3.30. The average Bonchev–Trinajstić information content (AvgIpc) is 2.25. The van der Waals surface area contributed by atoms with Crippen LogP contribution < -0.4 is 0 Å². The van der Waals surface area contributed by atoms with E-state index in [1.54, 1.807) is 6.92 Å². The fourth-order valence-electron chi connectivity index (χ4n) is 1.98. The van der Waals surface area contributed by atoms with Gasteiger partial charge in [0.15, 0.2) is 0 Å². The van der Waals surface area contributed by atoms with Gasteiger partial charge in [-0.1, -0.05) is 13.3 Å². The summed E-state index contributed by atoms with van der Waals surface area (Å²) in [6.45, 7) is 8.50. The zero-order valence-electron chi connectivity index (χ0n) is 10.8. The number of nitrogens with zero attached hydrogens (tertiary/aromatic N) is 1. The lowest BCUT2D eigenvalue weighted by Crippen LogP contribution is -2.40. The van der Waals surface area contributed by atoms with Crippen LogP contribution in [-0.4, -0.2) is 43.4 Å². The number of hydrogen-bond donors (Lipinski definition) is 0. The first-order chi connectivity index (χ1) is 7.64. The summed E-state index contributed by atoms with van der Waals surface area (Å²) in [5.41, 5.74) is -0.922. The molecule has 0 unspecified atom stereocenters. The Hall–Kier alpha value is -0.150. The van der Waals surface area contributed by atoms with Gasteiger partial charge in [0.25, 0.3) is 0 Å². The van der Waals surface area contributed by atoms with Crippen LogP contribution in [0.25, 0.3) is 0 Å². The molecule has 0 radical (unpaired) electrons. The fourth-order valence-corrected chi connectivity index (χ4v) is 1.98. The normalized spacial score (nSPS) is 21.2. The molecular formula is C13H26FNO. The van der Waals surface area contributed by atoms with Crippen molar-refractivity contribution in [3.63, 3.8) is 0 Å². The van der Waals surface area contributed by atoms with Gasteiger partial charge in [-0.05, 0) is 32.6 Å². The van der Waals surface area contributed by atoms with Crippen LogP contribution in [0.5, 0.6) is 0 Å². The number of piperidine rings is 1. The lowest BCUT2D eigenvalue weighted by atomic mass is 9.96. The molecule has 0 bridgehead atoms. The van der Waals surface area contributed by atoms with E-state index in [2.05, 4.69) is 11.8 Å². The van der Waals surface area contributed by atoms with Gasteiger partial charge in [0.05, 0.1) is 0 Å². The molecule has 0 N–H and O–H groups in total. The molecule has 0 spiro atoms. The molecule has 1 aliphatic heterocycles. The topological polar surface area (TPSA) is 12.5 Å². The Bertz CT molecular complexity index is 175. The Balaban J connectivity index is 1.94. The molecule has 1 aliphatic rings. The van der Waals surface area contributed by atoms with E-state index in [1.165, 1.54) is 6.42 Å². The van der Waals surface area contributed by atoms with Crippen LogP contribution in [0.15, 0.2) is 0 Å². The largest absolute Gasteiger partial charge is 0.381 e. The summed E-state index contributed by atoms with van der Waals surface area (Å²) in [7, 11) is 0. The van der Waals surface area contributed by atoms with Crippen molar-refractivity contribution in [2.45, 2.75) is 51.6 Å². The van der Waals surface area contributed by atoms with E-state index < -0.39 is 5.67 Å². The highest BCUT2D eigenvalue weighted by Crippen LogP contribution is 2.25. The predicted octanol–water partition coefficient (Wildman–Crippen LogP) is 3.02. The van der Waals surface area contributed by atoms with E-state index in [1.807, 2.05) is 0 Å². The third kappa shape index (κ3) is 5.80. The van der Waals surface area contributed by atoms with Crippen molar-refractivity contribution in [1.29, 1.82) is 0 Å². The van der Waals surface area contributed by atoms with Gasteiger partial charge in [-0.2, -0.15) is 0 Å². The highest BCUT2D eigenvalue weighted by molar-refractivity contribution is 4.81. The third-order valence-electron chi connectivity index (χ3n) is 3.30. The van der Waals surface area contributed by atoms with Crippen LogP contribution in [0.4, 0.5) is 4.39 Å². The Labute approximate surface area is 99.2 Å². The van der Waals surface area contributed by atoms with Crippen LogP contribution in [0.1, 0.15) is 46.0 Å². The van der Waals surface area contributed by atoms with Crippen molar-refractivity contribution in [2.24, 2.45) is 0 Å². The Kier molecular flexibility index (Phi) is 6.29. The lowest BCUT2D eigenvalue weighted by Gasteiger charge is -2.34. The molecule has 0 aliphatic carbocycles. The van der Waals surface area contributed by atoms with Crippen molar-refractivity contribution in [3.05, 3.63) is 0 Å². The summed E-state index contributed by atoms with van der Waals surface area (Å²) in [6, 6.07) is 0. The number of likely N-dealkylation sites (tertiary alicyclic amines) is 1. The molecule has 0 aromatic rings. The van der Waals surface area contributed by atoms with Crippen molar-refractivity contribution in [3.8, 4) is 0 Å². The number of unbranched alkanes of at least 4 members (excludes halogenated alkanes) is 1. The molecule has 0 aromatic heterocycles. The predicted molar refractivity (Wildman–Crippen MR) is 65.5 cm³/mol. The number of alkyl halides is 1. The maximum absolute atomic E-state index is 13.5. The maximum atomic E-state index is 13.5. The summed E-state index contributed by atoms with van der Waals surface area (Å²) in [5, 5.41) is 0. The Morgan fingerprint density at radius 3 is 2.44 bits per heavy atom. The van der Waals surface area contributed by atoms with Gasteiger partial charge in [0, 0.05) is 32.8 Å². The molecule has 3 heteroatoms. The van der Waals surface area contributed by atoms with E-state index in [4.69, 9.17) is 4.74 Å². The summed E-state index contributed by atoms with van der Waals surface area (Å²) >= 11 is 0. The highest BCUT2D eigenvalue weighted by Gasteiger charge is 2.28. The molecule has 1 rings (SSSR count). The molecule has 0 aromatic carbocycles. The summed E-state index contributed by atoms with van der Waals surface area (Å²) < 4.78 is 19.0. The second-order valence-corrected chi connectivity index (χ2v) is 5.07. The average molecular weight is 231 g/mol. The molecule has 96 valence electrons. The molecular weight excluding hydrogens is 205 g/mol.